The minimum Gasteiger partial charge on any atom is -0.326 e. The van der Waals surface area contributed by atoms with E-state index in [0.717, 1.165) is 6.54 Å². The summed E-state index contributed by atoms with van der Waals surface area (Å²) in [5, 5.41) is 5.97. The lowest BCUT2D eigenvalue weighted by molar-refractivity contribution is -0.121. The van der Waals surface area contributed by atoms with Gasteiger partial charge in [0.05, 0.1) is 18.2 Å². The van der Waals surface area contributed by atoms with Crippen LogP contribution in [-0.4, -0.2) is 30.3 Å². The largest absolute Gasteiger partial charge is 0.326 e. The second kappa shape index (κ2) is 7.78. The maximum atomic E-state index is 12.6. The van der Waals surface area contributed by atoms with Gasteiger partial charge >= 0.3 is 0 Å². The molecule has 1 heterocycles. The second-order valence-electron chi connectivity index (χ2n) is 6.96. The first-order chi connectivity index (χ1) is 12.0. The molecule has 6 nitrogen and oxygen atoms in total. The highest BCUT2D eigenvalue weighted by atomic mass is 16.2. The third-order valence-electron chi connectivity index (χ3n) is 4.97. The van der Waals surface area contributed by atoms with E-state index in [-0.39, 0.29) is 24.1 Å². The zero-order valence-corrected chi connectivity index (χ0v) is 14.6. The van der Waals surface area contributed by atoms with E-state index in [1.165, 1.54) is 43.9 Å². The third kappa shape index (κ3) is 4.25. The summed E-state index contributed by atoms with van der Waals surface area (Å²) in [6.45, 7) is 2.24. The van der Waals surface area contributed by atoms with Gasteiger partial charge in [0.1, 0.15) is 0 Å². The summed E-state index contributed by atoms with van der Waals surface area (Å²) in [5.41, 5.74) is 1.19. The van der Waals surface area contributed by atoms with Crippen LogP contribution in [0, 0.1) is 5.92 Å². The van der Waals surface area contributed by atoms with Crippen LogP contribution in [0.2, 0.25) is 0 Å². The highest BCUT2D eigenvalue weighted by Crippen LogP contribution is 2.26. The number of imide groups is 1. The summed E-state index contributed by atoms with van der Waals surface area (Å²) in [5.74, 6) is 0.0854. The topological polar surface area (TPSA) is 78.5 Å². The molecule has 134 valence electrons. The standard InChI is InChI=1S/C19H25N3O3/c1-13(23)21-15-7-9-16(10-8-15)22-18(24)11-17(19(22)25)20-12-14-5-3-2-4-6-14/h7-10,14,17,20H,2-6,11-12H2,1H3,(H,21,23). The summed E-state index contributed by atoms with van der Waals surface area (Å²) in [7, 11) is 0. The zero-order valence-electron chi connectivity index (χ0n) is 14.6. The Morgan fingerprint density at radius 3 is 2.44 bits per heavy atom. The number of hydrogen-bond acceptors (Lipinski definition) is 4. The van der Waals surface area contributed by atoms with E-state index in [9.17, 15) is 14.4 Å². The van der Waals surface area contributed by atoms with Crippen LogP contribution in [0.15, 0.2) is 24.3 Å². The molecule has 1 saturated heterocycles. The first kappa shape index (κ1) is 17.6. The van der Waals surface area contributed by atoms with Crippen LogP contribution in [-0.2, 0) is 14.4 Å². The Bertz CT molecular complexity index is 650. The Morgan fingerprint density at radius 2 is 1.80 bits per heavy atom. The van der Waals surface area contributed by atoms with Crippen LogP contribution in [0.1, 0.15) is 45.4 Å². The Morgan fingerprint density at radius 1 is 1.12 bits per heavy atom. The molecule has 1 aliphatic carbocycles. The number of carbonyl (C=O) groups excluding carboxylic acids is 3. The van der Waals surface area contributed by atoms with E-state index in [2.05, 4.69) is 10.6 Å². The van der Waals surface area contributed by atoms with Gasteiger partial charge < -0.3 is 10.6 Å². The normalized spacial score (nSPS) is 21.6. The lowest BCUT2D eigenvalue weighted by Crippen LogP contribution is -2.41. The Balaban J connectivity index is 1.61. The van der Waals surface area contributed by atoms with Crippen LogP contribution < -0.4 is 15.5 Å². The average Bonchev–Trinajstić information content (AvgIpc) is 2.88. The number of rotatable bonds is 5. The van der Waals surface area contributed by atoms with Gasteiger partial charge in [0, 0.05) is 12.6 Å². The van der Waals surface area contributed by atoms with Crippen LogP contribution in [0.3, 0.4) is 0 Å². The molecule has 2 fully saturated rings. The Hall–Kier alpha value is -2.21. The SMILES string of the molecule is CC(=O)Nc1ccc(N2C(=O)CC(NCC3CCCCC3)C2=O)cc1. The minimum atomic E-state index is -0.426. The van der Waals surface area contributed by atoms with E-state index < -0.39 is 6.04 Å². The summed E-state index contributed by atoms with van der Waals surface area (Å²) >= 11 is 0. The number of nitrogens with zero attached hydrogens (tertiary/aromatic N) is 1. The number of amides is 3. The third-order valence-corrected chi connectivity index (χ3v) is 4.97. The predicted octanol–water partition coefficient (Wildman–Crippen LogP) is 2.45. The van der Waals surface area contributed by atoms with Crippen LogP contribution in [0.5, 0.6) is 0 Å². The van der Waals surface area contributed by atoms with Gasteiger partial charge in [0.25, 0.3) is 5.91 Å². The molecule has 1 unspecified atom stereocenters. The lowest BCUT2D eigenvalue weighted by atomic mass is 9.89. The molecule has 6 heteroatoms. The molecular weight excluding hydrogens is 318 g/mol. The maximum absolute atomic E-state index is 12.6. The quantitative estimate of drug-likeness (QED) is 0.805. The van der Waals surface area contributed by atoms with Crippen molar-refractivity contribution in [1.29, 1.82) is 0 Å². The van der Waals surface area contributed by atoms with E-state index >= 15 is 0 Å². The van der Waals surface area contributed by atoms with Crippen molar-refractivity contribution in [3.63, 3.8) is 0 Å². The highest BCUT2D eigenvalue weighted by molar-refractivity contribution is 6.22. The van der Waals surface area contributed by atoms with Gasteiger partial charge in [-0.15, -0.1) is 0 Å². The van der Waals surface area contributed by atoms with Crippen LogP contribution >= 0.6 is 0 Å². The summed E-state index contributed by atoms with van der Waals surface area (Å²) in [6, 6.07) is 6.33. The fourth-order valence-corrected chi connectivity index (χ4v) is 3.66. The second-order valence-corrected chi connectivity index (χ2v) is 6.96. The molecule has 1 aromatic rings. The molecule has 0 spiro atoms. The van der Waals surface area contributed by atoms with Gasteiger partial charge in [-0.05, 0) is 49.6 Å². The summed E-state index contributed by atoms with van der Waals surface area (Å²) in [6.07, 6.45) is 6.44. The maximum Gasteiger partial charge on any atom is 0.251 e. The van der Waals surface area contributed by atoms with Crippen LogP contribution in [0.25, 0.3) is 0 Å². The molecule has 0 bridgehead atoms. The van der Waals surface area contributed by atoms with Crippen LogP contribution in [0.4, 0.5) is 11.4 Å². The minimum absolute atomic E-state index is 0.159. The van der Waals surface area contributed by atoms with Crippen molar-refractivity contribution in [1.82, 2.24) is 5.32 Å². The molecule has 3 amide bonds. The van der Waals surface area contributed by atoms with Crippen molar-refractivity contribution in [2.75, 3.05) is 16.8 Å². The van der Waals surface area contributed by atoms with Crippen molar-refractivity contribution >= 4 is 29.1 Å². The summed E-state index contributed by atoms with van der Waals surface area (Å²) in [4.78, 5) is 37.2. The van der Waals surface area contributed by atoms with Crippen molar-refractivity contribution in [3.8, 4) is 0 Å². The monoisotopic (exact) mass is 343 g/mol. The molecule has 2 N–H and O–H groups in total. The van der Waals surface area contributed by atoms with E-state index in [0.29, 0.717) is 17.3 Å². The molecule has 1 atom stereocenters. The average molecular weight is 343 g/mol. The fraction of sp³-hybridized carbons (Fsp3) is 0.526. The number of carbonyl (C=O) groups is 3. The molecule has 3 rings (SSSR count). The smallest absolute Gasteiger partial charge is 0.251 e. The van der Waals surface area contributed by atoms with E-state index in [4.69, 9.17) is 0 Å². The van der Waals surface area contributed by atoms with Crippen molar-refractivity contribution in [3.05, 3.63) is 24.3 Å². The van der Waals surface area contributed by atoms with Gasteiger partial charge in [0.2, 0.25) is 11.8 Å². The number of nitrogens with one attached hydrogen (secondary N) is 2. The molecule has 1 aromatic carbocycles. The number of benzene rings is 1. The molecule has 0 radical (unpaired) electrons. The van der Waals surface area contributed by atoms with Crippen molar-refractivity contribution in [2.45, 2.75) is 51.5 Å². The van der Waals surface area contributed by atoms with Gasteiger partial charge in [-0.25, -0.2) is 4.90 Å². The van der Waals surface area contributed by atoms with E-state index in [1.54, 1.807) is 24.3 Å². The first-order valence-corrected chi connectivity index (χ1v) is 9.02. The van der Waals surface area contributed by atoms with Crippen molar-refractivity contribution < 1.29 is 14.4 Å². The number of anilines is 2. The molecule has 25 heavy (non-hydrogen) atoms. The zero-order chi connectivity index (χ0) is 17.8. The highest BCUT2D eigenvalue weighted by Gasteiger charge is 2.39. The first-order valence-electron chi connectivity index (χ1n) is 9.02. The van der Waals surface area contributed by atoms with Gasteiger partial charge in [-0.1, -0.05) is 19.3 Å². The van der Waals surface area contributed by atoms with E-state index in [1.807, 2.05) is 0 Å². The molecule has 1 saturated carbocycles. The Labute approximate surface area is 148 Å². The summed E-state index contributed by atoms with van der Waals surface area (Å²) < 4.78 is 0. The molecular formula is C19H25N3O3. The predicted molar refractivity (Wildman–Crippen MR) is 96.2 cm³/mol. The Kier molecular flexibility index (Phi) is 5.48. The van der Waals surface area contributed by atoms with Gasteiger partial charge in [-0.2, -0.15) is 0 Å². The molecule has 2 aliphatic rings. The molecule has 1 aliphatic heterocycles. The fourth-order valence-electron chi connectivity index (χ4n) is 3.66. The van der Waals surface area contributed by atoms with Gasteiger partial charge in [0.15, 0.2) is 0 Å². The number of hydrogen-bond donors (Lipinski definition) is 2. The van der Waals surface area contributed by atoms with Crippen molar-refractivity contribution in [2.24, 2.45) is 5.92 Å². The molecule has 0 aromatic heterocycles. The van der Waals surface area contributed by atoms with Gasteiger partial charge in [-0.3, -0.25) is 14.4 Å². The lowest BCUT2D eigenvalue weighted by Gasteiger charge is -2.23.